The van der Waals surface area contributed by atoms with Crippen molar-refractivity contribution in [1.29, 1.82) is 0 Å². The van der Waals surface area contributed by atoms with Crippen LogP contribution in [0, 0.1) is 0 Å². The Balaban J connectivity index is 2.40. The van der Waals surface area contributed by atoms with E-state index in [0.29, 0.717) is 11.6 Å². The molecular formula is C14H17N3O2. The number of nitrogens with zero attached hydrogens (tertiary/aromatic N) is 3. The maximum absolute atomic E-state index is 11.1. The van der Waals surface area contributed by atoms with Crippen LogP contribution in [-0.4, -0.2) is 26.1 Å². The topological polar surface area (TPSA) is 68.0 Å². The van der Waals surface area contributed by atoms with E-state index in [1.807, 2.05) is 24.3 Å². The molecule has 1 unspecified atom stereocenters. The van der Waals surface area contributed by atoms with E-state index in [4.69, 9.17) is 5.11 Å². The fraction of sp³-hybridized carbons (Fsp3) is 0.357. The van der Waals surface area contributed by atoms with Crippen LogP contribution in [0.2, 0.25) is 0 Å². The van der Waals surface area contributed by atoms with Crippen molar-refractivity contribution >= 4 is 5.97 Å². The Morgan fingerprint density at radius 2 is 1.95 bits per heavy atom. The fourth-order valence-electron chi connectivity index (χ4n) is 1.95. The Hall–Kier alpha value is -2.17. The molecule has 0 aliphatic heterocycles. The third kappa shape index (κ3) is 2.65. The number of aromatic nitrogens is 3. The minimum atomic E-state index is -1.06. The number of benzene rings is 1. The Morgan fingerprint density at radius 1 is 1.32 bits per heavy atom. The van der Waals surface area contributed by atoms with Crippen LogP contribution in [0.15, 0.2) is 24.3 Å². The highest BCUT2D eigenvalue weighted by Gasteiger charge is 2.18. The molecular weight excluding hydrogens is 242 g/mol. The molecule has 0 amide bonds. The van der Waals surface area contributed by atoms with Crippen molar-refractivity contribution in [3.05, 3.63) is 35.5 Å². The van der Waals surface area contributed by atoms with E-state index >= 15 is 0 Å². The van der Waals surface area contributed by atoms with Gasteiger partial charge in [0.1, 0.15) is 5.69 Å². The highest BCUT2D eigenvalue weighted by atomic mass is 16.4. The van der Waals surface area contributed by atoms with Gasteiger partial charge in [-0.25, -0.2) is 4.79 Å². The van der Waals surface area contributed by atoms with Gasteiger partial charge in [-0.3, -0.25) is 0 Å². The molecule has 2 rings (SSSR count). The molecule has 0 fully saturated rings. The number of carboxylic acid groups (broad SMARTS) is 1. The van der Waals surface area contributed by atoms with Gasteiger partial charge < -0.3 is 5.11 Å². The highest BCUT2D eigenvalue weighted by molar-refractivity contribution is 5.92. The molecule has 1 atom stereocenters. The average molecular weight is 259 g/mol. The van der Waals surface area contributed by atoms with Crippen molar-refractivity contribution in [1.82, 2.24) is 15.0 Å². The van der Waals surface area contributed by atoms with Crippen LogP contribution in [-0.2, 0) is 7.05 Å². The molecule has 2 aromatic rings. The monoisotopic (exact) mass is 259 g/mol. The zero-order valence-electron chi connectivity index (χ0n) is 11.3. The number of carbonyl (C=O) groups is 1. The first-order chi connectivity index (χ1) is 9.02. The van der Waals surface area contributed by atoms with Crippen molar-refractivity contribution in [3.8, 4) is 11.3 Å². The lowest BCUT2D eigenvalue weighted by atomic mass is 9.97. The molecule has 5 heteroatoms. The lowest BCUT2D eigenvalue weighted by molar-refractivity contribution is 0.0690. The second-order valence-electron chi connectivity index (χ2n) is 4.62. The number of hydrogen-bond donors (Lipinski definition) is 1. The molecule has 1 aromatic heterocycles. The summed E-state index contributed by atoms with van der Waals surface area (Å²) in [6.45, 7) is 4.31. The van der Waals surface area contributed by atoms with Gasteiger partial charge in [0.2, 0.25) is 0 Å². The maximum Gasteiger partial charge on any atom is 0.358 e. The first-order valence-corrected chi connectivity index (χ1v) is 6.27. The van der Waals surface area contributed by atoms with E-state index in [1.54, 1.807) is 7.05 Å². The molecule has 0 spiro atoms. The summed E-state index contributed by atoms with van der Waals surface area (Å²) in [6.07, 6.45) is 1.07. The predicted molar refractivity (Wildman–Crippen MR) is 72.1 cm³/mol. The number of aromatic carboxylic acids is 1. The van der Waals surface area contributed by atoms with E-state index in [0.717, 1.165) is 12.0 Å². The first-order valence-electron chi connectivity index (χ1n) is 6.27. The van der Waals surface area contributed by atoms with Crippen LogP contribution in [0.5, 0.6) is 0 Å². The number of hydrogen-bond acceptors (Lipinski definition) is 3. The Labute approximate surface area is 111 Å². The van der Waals surface area contributed by atoms with Crippen LogP contribution in [0.1, 0.15) is 42.2 Å². The van der Waals surface area contributed by atoms with Gasteiger partial charge in [-0.2, -0.15) is 9.90 Å². The van der Waals surface area contributed by atoms with E-state index in [-0.39, 0.29) is 5.69 Å². The third-order valence-electron chi connectivity index (χ3n) is 3.28. The number of carboxylic acids is 1. The maximum atomic E-state index is 11.1. The summed E-state index contributed by atoms with van der Waals surface area (Å²) in [6, 6.07) is 7.84. The molecule has 1 heterocycles. The molecule has 0 aliphatic carbocycles. The van der Waals surface area contributed by atoms with Gasteiger partial charge in [-0.1, -0.05) is 38.1 Å². The first kappa shape index (κ1) is 13.3. The van der Waals surface area contributed by atoms with Crippen LogP contribution in [0.25, 0.3) is 11.3 Å². The lowest BCUT2D eigenvalue weighted by Crippen LogP contribution is -2.00. The van der Waals surface area contributed by atoms with E-state index in [2.05, 4.69) is 24.0 Å². The van der Waals surface area contributed by atoms with Gasteiger partial charge in [0.05, 0.1) is 0 Å². The van der Waals surface area contributed by atoms with E-state index < -0.39 is 5.97 Å². The van der Waals surface area contributed by atoms with Crippen LogP contribution >= 0.6 is 0 Å². The summed E-state index contributed by atoms with van der Waals surface area (Å²) >= 11 is 0. The van der Waals surface area contributed by atoms with Crippen molar-refractivity contribution in [2.45, 2.75) is 26.2 Å². The highest BCUT2D eigenvalue weighted by Crippen LogP contribution is 2.24. The minimum Gasteiger partial charge on any atom is -0.476 e. The lowest BCUT2D eigenvalue weighted by Gasteiger charge is -2.09. The molecule has 0 saturated carbocycles. The molecule has 0 saturated heterocycles. The summed E-state index contributed by atoms with van der Waals surface area (Å²) in [7, 11) is 1.61. The van der Waals surface area contributed by atoms with Crippen molar-refractivity contribution in [2.75, 3.05) is 0 Å². The zero-order valence-corrected chi connectivity index (χ0v) is 11.3. The summed E-state index contributed by atoms with van der Waals surface area (Å²) in [4.78, 5) is 12.4. The molecule has 5 nitrogen and oxygen atoms in total. The van der Waals surface area contributed by atoms with Gasteiger partial charge in [0.15, 0.2) is 5.69 Å². The molecule has 0 radical (unpaired) electrons. The van der Waals surface area contributed by atoms with Crippen molar-refractivity contribution < 1.29 is 9.90 Å². The van der Waals surface area contributed by atoms with Crippen LogP contribution in [0.3, 0.4) is 0 Å². The van der Waals surface area contributed by atoms with Gasteiger partial charge in [0, 0.05) is 12.6 Å². The van der Waals surface area contributed by atoms with Gasteiger partial charge >= 0.3 is 5.97 Å². The van der Waals surface area contributed by atoms with Crippen LogP contribution in [0.4, 0.5) is 0 Å². The van der Waals surface area contributed by atoms with Crippen molar-refractivity contribution in [3.63, 3.8) is 0 Å². The SMILES string of the molecule is CCC(C)c1ccc(-c2nn(C)nc2C(=O)O)cc1. The molecule has 19 heavy (non-hydrogen) atoms. The quantitative estimate of drug-likeness (QED) is 0.916. The number of aryl methyl sites for hydroxylation is 1. The zero-order chi connectivity index (χ0) is 14.0. The predicted octanol–water partition coefficient (Wildman–Crippen LogP) is 2.69. The molecule has 1 N–H and O–H groups in total. The molecule has 100 valence electrons. The standard InChI is InChI=1S/C14H17N3O2/c1-4-9(2)10-5-7-11(8-6-10)12-13(14(18)19)16-17(3)15-12/h5-9H,4H2,1-3H3,(H,18,19). The van der Waals surface area contributed by atoms with Gasteiger partial charge in [-0.15, -0.1) is 5.10 Å². The Kier molecular flexibility index (Phi) is 3.64. The number of rotatable bonds is 4. The summed E-state index contributed by atoms with van der Waals surface area (Å²) in [5.41, 5.74) is 2.41. The normalized spacial score (nSPS) is 12.4. The van der Waals surface area contributed by atoms with Gasteiger partial charge in [-0.05, 0) is 17.9 Å². The third-order valence-corrected chi connectivity index (χ3v) is 3.28. The second-order valence-corrected chi connectivity index (χ2v) is 4.62. The molecule has 1 aromatic carbocycles. The van der Waals surface area contributed by atoms with E-state index in [9.17, 15) is 4.79 Å². The Morgan fingerprint density at radius 3 is 2.47 bits per heavy atom. The summed E-state index contributed by atoms with van der Waals surface area (Å²) < 4.78 is 0. The average Bonchev–Trinajstić information content (AvgIpc) is 2.80. The van der Waals surface area contributed by atoms with Crippen LogP contribution < -0.4 is 0 Å². The minimum absolute atomic E-state index is 0.0150. The summed E-state index contributed by atoms with van der Waals surface area (Å²) in [5, 5.41) is 17.1. The largest absolute Gasteiger partial charge is 0.476 e. The smallest absolute Gasteiger partial charge is 0.358 e. The molecule has 0 bridgehead atoms. The molecule has 0 aliphatic rings. The van der Waals surface area contributed by atoms with Crippen molar-refractivity contribution in [2.24, 2.45) is 7.05 Å². The Bertz CT molecular complexity index is 587. The second kappa shape index (κ2) is 5.22. The van der Waals surface area contributed by atoms with E-state index in [1.165, 1.54) is 10.4 Å². The fourth-order valence-corrected chi connectivity index (χ4v) is 1.95. The summed E-state index contributed by atoms with van der Waals surface area (Å²) in [5.74, 6) is -0.566. The van der Waals surface area contributed by atoms with Gasteiger partial charge in [0.25, 0.3) is 0 Å².